The first kappa shape index (κ1) is 32.5. The number of hydrogen-bond acceptors (Lipinski definition) is 6. The molecule has 1 heterocycles. The number of aryl methyl sites for hydroxylation is 1. The van der Waals surface area contributed by atoms with Crippen molar-refractivity contribution < 1.29 is 28.6 Å². The van der Waals surface area contributed by atoms with Crippen LogP contribution in [0.5, 0.6) is 0 Å². The number of ether oxygens (including phenoxy) is 3. The molecule has 0 aromatic heterocycles. The van der Waals surface area contributed by atoms with E-state index in [4.69, 9.17) is 14.2 Å². The average molecular weight is 594 g/mol. The van der Waals surface area contributed by atoms with Crippen molar-refractivity contribution >= 4 is 29.3 Å². The molecule has 2 aliphatic rings. The Morgan fingerprint density at radius 3 is 2.37 bits per heavy atom. The van der Waals surface area contributed by atoms with Crippen molar-refractivity contribution in [2.45, 2.75) is 91.6 Å². The Morgan fingerprint density at radius 2 is 1.72 bits per heavy atom. The second-order valence-corrected chi connectivity index (χ2v) is 12.3. The first-order chi connectivity index (χ1) is 20.5. The highest BCUT2D eigenvalue weighted by atomic mass is 16.7. The number of para-hydroxylation sites is 1. The van der Waals surface area contributed by atoms with Gasteiger partial charge in [-0.1, -0.05) is 56.7 Å². The molecule has 0 spiro atoms. The van der Waals surface area contributed by atoms with Crippen LogP contribution in [0.4, 0.5) is 16.2 Å². The van der Waals surface area contributed by atoms with E-state index in [1.165, 1.54) is 0 Å². The molecule has 2 aromatic carbocycles. The minimum atomic E-state index is -1.68. The minimum Gasteiger partial charge on any atom is -0.462 e. The summed E-state index contributed by atoms with van der Waals surface area (Å²) in [5.41, 5.74) is 1.13. The van der Waals surface area contributed by atoms with E-state index in [0.29, 0.717) is 36.1 Å². The van der Waals surface area contributed by atoms with Gasteiger partial charge in [-0.2, -0.15) is 0 Å². The highest BCUT2D eigenvalue weighted by Crippen LogP contribution is 2.45. The normalized spacial score (nSPS) is 23.4. The number of carbonyl (C=O) groups is 3. The van der Waals surface area contributed by atoms with Crippen LogP contribution in [-0.4, -0.2) is 50.1 Å². The van der Waals surface area contributed by atoms with Gasteiger partial charge in [0.15, 0.2) is 11.8 Å². The summed E-state index contributed by atoms with van der Waals surface area (Å²) in [6.07, 6.45) is 2.35. The van der Waals surface area contributed by atoms with Crippen molar-refractivity contribution in [2.75, 3.05) is 30.0 Å². The van der Waals surface area contributed by atoms with Gasteiger partial charge in [0, 0.05) is 24.5 Å². The van der Waals surface area contributed by atoms with E-state index in [2.05, 4.69) is 31.4 Å². The van der Waals surface area contributed by atoms with Crippen molar-refractivity contribution in [2.24, 2.45) is 11.3 Å². The molecule has 9 nitrogen and oxygen atoms in total. The van der Waals surface area contributed by atoms with Crippen molar-refractivity contribution in [1.29, 1.82) is 0 Å². The number of esters is 1. The largest absolute Gasteiger partial charge is 0.462 e. The van der Waals surface area contributed by atoms with Crippen molar-refractivity contribution in [3.63, 3.8) is 0 Å². The van der Waals surface area contributed by atoms with Gasteiger partial charge in [0.25, 0.3) is 5.91 Å². The van der Waals surface area contributed by atoms with E-state index >= 15 is 0 Å². The maximum atomic E-state index is 14.4. The van der Waals surface area contributed by atoms with Crippen molar-refractivity contribution in [3.05, 3.63) is 59.7 Å². The zero-order valence-electron chi connectivity index (χ0n) is 26.4. The van der Waals surface area contributed by atoms with E-state index in [1.54, 1.807) is 29.2 Å². The van der Waals surface area contributed by atoms with Gasteiger partial charge in [0.1, 0.15) is 6.10 Å². The number of nitrogens with zero attached hydrogens (tertiary/aromatic N) is 1. The van der Waals surface area contributed by atoms with Crippen LogP contribution in [0, 0.1) is 18.3 Å². The number of rotatable bonds is 12. The molecule has 43 heavy (non-hydrogen) atoms. The van der Waals surface area contributed by atoms with Crippen LogP contribution in [0.1, 0.15) is 77.8 Å². The second-order valence-electron chi connectivity index (χ2n) is 12.3. The predicted molar refractivity (Wildman–Crippen MR) is 167 cm³/mol. The maximum Gasteiger partial charge on any atom is 0.320 e. The van der Waals surface area contributed by atoms with Gasteiger partial charge in [-0.25, -0.2) is 4.79 Å². The number of urea groups is 1. The molecule has 234 valence electrons. The molecule has 9 heteroatoms. The third-order valence-electron chi connectivity index (χ3n) is 9.01. The van der Waals surface area contributed by atoms with Gasteiger partial charge < -0.3 is 29.7 Å². The quantitative estimate of drug-likeness (QED) is 0.221. The Kier molecular flexibility index (Phi) is 10.5. The van der Waals surface area contributed by atoms with Gasteiger partial charge in [-0.3, -0.25) is 9.59 Å². The summed E-state index contributed by atoms with van der Waals surface area (Å²) in [5, 5.41) is 5.73. The Morgan fingerprint density at radius 1 is 1.05 bits per heavy atom. The van der Waals surface area contributed by atoms with Crippen molar-refractivity contribution in [1.82, 2.24) is 5.32 Å². The molecule has 0 radical (unpaired) electrons. The lowest BCUT2D eigenvalue weighted by atomic mass is 9.67. The van der Waals surface area contributed by atoms with Crippen LogP contribution < -0.4 is 15.5 Å². The Bertz CT molecular complexity index is 1280. The van der Waals surface area contributed by atoms with Crippen LogP contribution in [0.15, 0.2) is 48.5 Å². The number of fused-ring (bicyclic) bond motifs is 1. The van der Waals surface area contributed by atoms with Crippen LogP contribution in [-0.2, 0) is 29.3 Å². The van der Waals surface area contributed by atoms with Gasteiger partial charge in [0.2, 0.25) is 0 Å². The topological polar surface area (TPSA) is 106 Å². The number of nitrogens with one attached hydrogen (secondary N) is 2. The average Bonchev–Trinajstić information content (AvgIpc) is 3.17. The first-order valence-electron chi connectivity index (χ1n) is 15.5. The number of benzene rings is 2. The molecule has 1 aliphatic heterocycles. The van der Waals surface area contributed by atoms with Crippen LogP contribution >= 0.6 is 0 Å². The lowest BCUT2D eigenvalue weighted by Gasteiger charge is -2.41. The first-order valence-corrected chi connectivity index (χ1v) is 15.5. The monoisotopic (exact) mass is 593 g/mol. The molecule has 4 rings (SSSR count). The molecular formula is C34H47N3O6. The molecule has 2 aromatic rings. The van der Waals surface area contributed by atoms with Crippen molar-refractivity contribution in [3.8, 4) is 0 Å². The fourth-order valence-corrected chi connectivity index (χ4v) is 6.24. The minimum absolute atomic E-state index is 0.0766. The lowest BCUT2D eigenvalue weighted by Crippen LogP contribution is -2.56. The summed E-state index contributed by atoms with van der Waals surface area (Å²) in [6.45, 7) is 13.2. The molecule has 1 aliphatic carbocycles. The Hall–Kier alpha value is -3.43. The smallest absolute Gasteiger partial charge is 0.320 e. The predicted octanol–water partition coefficient (Wildman–Crippen LogP) is 6.30. The number of carbonyl (C=O) groups excluding carboxylic acids is 3. The van der Waals surface area contributed by atoms with Crippen LogP contribution in [0.3, 0.4) is 0 Å². The summed E-state index contributed by atoms with van der Waals surface area (Å²) in [4.78, 5) is 43.2. The summed E-state index contributed by atoms with van der Waals surface area (Å²) < 4.78 is 17.6. The highest BCUT2D eigenvalue weighted by Gasteiger charge is 2.54. The molecule has 3 unspecified atom stereocenters. The Labute approximate surface area is 255 Å². The van der Waals surface area contributed by atoms with E-state index < -0.39 is 29.7 Å². The fraction of sp³-hybridized carbons (Fsp3) is 0.559. The van der Waals surface area contributed by atoms with E-state index in [9.17, 15) is 14.4 Å². The summed E-state index contributed by atoms with van der Waals surface area (Å²) >= 11 is 0. The molecular weight excluding hydrogens is 546 g/mol. The molecule has 3 atom stereocenters. The highest BCUT2D eigenvalue weighted by molar-refractivity contribution is 6.11. The summed E-state index contributed by atoms with van der Waals surface area (Å²) in [6, 6.07) is 14.0. The molecule has 2 N–H and O–H groups in total. The standard InChI is InChI=1S/C34H47N3O6/c1-7-41-30(42-8-2)22-37-28-14-10-9-13-27(28)34(31(37)39,36-32(40)35-25-17-15-24(5)16-18-25)21-29(38)43-26-12-11-19-33(6,20-26)23(3)4/h9-10,13-18,23,26,30H,7-8,11-12,19-22H2,1-6H3,(H2,35,36,40). The Balaban J connectivity index is 1.65. The summed E-state index contributed by atoms with van der Waals surface area (Å²) in [5.74, 6) is -0.512. The lowest BCUT2D eigenvalue weighted by molar-refractivity contribution is -0.156. The SMILES string of the molecule is CCOC(CN1C(=O)C(CC(=O)OC2CCCC(C)(C(C)C)C2)(NC(=O)Nc2ccc(C)cc2)c2ccccc21)OCC. The number of anilines is 2. The van der Waals surface area contributed by atoms with Gasteiger partial charge in [-0.15, -0.1) is 0 Å². The number of amides is 3. The number of hydrogen-bond donors (Lipinski definition) is 2. The molecule has 0 bridgehead atoms. The van der Waals surface area contributed by atoms with Crippen LogP contribution in [0.2, 0.25) is 0 Å². The maximum absolute atomic E-state index is 14.4. The van der Waals surface area contributed by atoms with Crippen LogP contribution in [0.25, 0.3) is 0 Å². The van der Waals surface area contributed by atoms with Gasteiger partial charge in [0.05, 0.1) is 18.7 Å². The fourth-order valence-electron chi connectivity index (χ4n) is 6.24. The third-order valence-corrected chi connectivity index (χ3v) is 9.01. The van der Waals surface area contributed by atoms with E-state index in [-0.39, 0.29) is 24.5 Å². The third kappa shape index (κ3) is 7.39. The van der Waals surface area contributed by atoms with E-state index in [1.807, 2.05) is 45.0 Å². The molecule has 0 saturated heterocycles. The second kappa shape index (κ2) is 13.9. The zero-order chi connectivity index (χ0) is 31.2. The molecule has 1 saturated carbocycles. The zero-order valence-corrected chi connectivity index (χ0v) is 26.4. The molecule has 3 amide bonds. The van der Waals surface area contributed by atoms with Gasteiger partial charge in [-0.05, 0) is 76.0 Å². The van der Waals surface area contributed by atoms with Gasteiger partial charge >= 0.3 is 12.0 Å². The summed E-state index contributed by atoms with van der Waals surface area (Å²) in [7, 11) is 0. The van der Waals surface area contributed by atoms with E-state index in [0.717, 1.165) is 31.2 Å². The molecule has 1 fully saturated rings.